The van der Waals surface area contributed by atoms with Gasteiger partial charge >= 0.3 is 6.01 Å². The molecule has 1 N–H and O–H groups in total. The Bertz CT molecular complexity index is 1050. The van der Waals surface area contributed by atoms with Crippen molar-refractivity contribution in [3.63, 3.8) is 0 Å². The van der Waals surface area contributed by atoms with E-state index in [-0.39, 0.29) is 16.9 Å². The van der Waals surface area contributed by atoms with Crippen LogP contribution in [0.25, 0.3) is 17.1 Å². The molecule has 0 radical (unpaired) electrons. The van der Waals surface area contributed by atoms with Gasteiger partial charge in [-0.1, -0.05) is 25.4 Å². The molecule has 1 saturated carbocycles. The highest BCUT2D eigenvalue weighted by molar-refractivity contribution is 5.57. The molecule has 8 nitrogen and oxygen atoms in total. The number of nitrogens with zero attached hydrogens (tertiary/aromatic N) is 5. The molecule has 31 heavy (non-hydrogen) atoms. The van der Waals surface area contributed by atoms with Crippen molar-refractivity contribution in [2.75, 3.05) is 0 Å². The summed E-state index contributed by atoms with van der Waals surface area (Å²) in [6, 6.07) is 1.49. The predicted octanol–water partition coefficient (Wildman–Crippen LogP) is 3.88. The summed E-state index contributed by atoms with van der Waals surface area (Å²) in [5, 5.41) is 8.09. The first kappa shape index (κ1) is 21.1. The third-order valence-electron chi connectivity index (χ3n) is 5.96. The largest absolute Gasteiger partial charge is 0.456 e. The molecule has 0 aromatic carbocycles. The van der Waals surface area contributed by atoms with E-state index >= 15 is 0 Å². The van der Waals surface area contributed by atoms with E-state index in [9.17, 15) is 9.18 Å². The van der Waals surface area contributed by atoms with E-state index in [0.717, 1.165) is 25.7 Å². The lowest BCUT2D eigenvalue weighted by Gasteiger charge is -2.31. The fourth-order valence-electron chi connectivity index (χ4n) is 4.36. The highest BCUT2D eigenvalue weighted by Crippen LogP contribution is 2.40. The van der Waals surface area contributed by atoms with Gasteiger partial charge < -0.3 is 9.72 Å². The maximum atomic E-state index is 14.7. The lowest BCUT2D eigenvalue weighted by Crippen LogP contribution is -2.33. The van der Waals surface area contributed by atoms with Crippen molar-refractivity contribution in [2.24, 2.45) is 5.41 Å². The fourth-order valence-corrected chi connectivity index (χ4v) is 4.36. The van der Waals surface area contributed by atoms with E-state index < -0.39 is 12.3 Å². The molecule has 1 fully saturated rings. The molecule has 3 aromatic heterocycles. The second-order valence-electron chi connectivity index (χ2n) is 8.52. The first-order chi connectivity index (χ1) is 15.0. The molecule has 0 unspecified atom stereocenters. The number of halogens is 1. The van der Waals surface area contributed by atoms with Gasteiger partial charge in [-0.15, -0.1) is 5.10 Å². The summed E-state index contributed by atoms with van der Waals surface area (Å²) in [7, 11) is 0. The van der Waals surface area contributed by atoms with Crippen LogP contribution in [-0.2, 0) is 0 Å². The maximum Gasteiger partial charge on any atom is 0.336 e. The molecule has 3 aromatic rings. The lowest BCUT2D eigenvalue weighted by molar-refractivity contribution is 0.0560. The summed E-state index contributed by atoms with van der Waals surface area (Å²) in [6.07, 6.45) is 11.3. The minimum Gasteiger partial charge on any atom is -0.456 e. The molecule has 0 amide bonds. The highest BCUT2D eigenvalue weighted by atomic mass is 19.1. The molecule has 0 aliphatic heterocycles. The van der Waals surface area contributed by atoms with Gasteiger partial charge in [-0.2, -0.15) is 0 Å². The first-order valence-corrected chi connectivity index (χ1v) is 10.7. The SMILES string of the molecule is CCC[C@]1(C)CCC[C@@H](F)[C@H](Oc2ncc(-c3c[nH]c(-n4ccnc4)cc3=O)nn2)C1. The normalized spacial score (nSPS) is 24.0. The number of nitrogens with one attached hydrogen (secondary N) is 1. The molecule has 164 valence electrons. The Hall–Kier alpha value is -3.10. The second-order valence-corrected chi connectivity index (χ2v) is 8.52. The number of imidazole rings is 1. The van der Waals surface area contributed by atoms with Gasteiger partial charge in [0, 0.05) is 24.7 Å². The van der Waals surface area contributed by atoms with Gasteiger partial charge in [-0.25, -0.2) is 14.4 Å². The van der Waals surface area contributed by atoms with Crippen LogP contribution in [0.4, 0.5) is 4.39 Å². The topological polar surface area (TPSA) is 98.6 Å². The van der Waals surface area contributed by atoms with E-state index in [1.807, 2.05) is 0 Å². The van der Waals surface area contributed by atoms with E-state index in [1.54, 1.807) is 29.5 Å². The van der Waals surface area contributed by atoms with Gasteiger partial charge in [0.2, 0.25) is 0 Å². The Kier molecular flexibility index (Phi) is 6.11. The molecule has 0 bridgehead atoms. The third-order valence-corrected chi connectivity index (χ3v) is 5.96. The van der Waals surface area contributed by atoms with Crippen molar-refractivity contribution in [3.05, 3.63) is 47.4 Å². The lowest BCUT2D eigenvalue weighted by atomic mass is 9.78. The summed E-state index contributed by atoms with van der Waals surface area (Å²) in [4.78, 5) is 23.7. The Balaban J connectivity index is 1.50. The molecule has 3 heterocycles. The minimum atomic E-state index is -1.06. The number of aromatic nitrogens is 6. The quantitative estimate of drug-likeness (QED) is 0.601. The number of hydrogen-bond acceptors (Lipinski definition) is 6. The van der Waals surface area contributed by atoms with Crippen molar-refractivity contribution >= 4 is 0 Å². The van der Waals surface area contributed by atoms with Gasteiger partial charge in [0.1, 0.15) is 30.1 Å². The van der Waals surface area contributed by atoms with Crippen LogP contribution in [0, 0.1) is 5.41 Å². The van der Waals surface area contributed by atoms with Crippen molar-refractivity contribution in [1.82, 2.24) is 29.7 Å². The Labute approximate surface area is 179 Å². The molecular formula is C22H27FN6O2. The van der Waals surface area contributed by atoms with E-state index in [4.69, 9.17) is 4.74 Å². The Morgan fingerprint density at radius 1 is 1.39 bits per heavy atom. The number of ether oxygens (including phenoxy) is 1. The Morgan fingerprint density at radius 3 is 2.94 bits per heavy atom. The van der Waals surface area contributed by atoms with Crippen LogP contribution in [0.1, 0.15) is 52.4 Å². The van der Waals surface area contributed by atoms with E-state index in [0.29, 0.717) is 29.9 Å². The zero-order valence-corrected chi connectivity index (χ0v) is 17.8. The average molecular weight is 426 g/mol. The minimum absolute atomic E-state index is 0.0311. The third kappa shape index (κ3) is 4.81. The van der Waals surface area contributed by atoms with Gasteiger partial charge in [-0.05, 0) is 37.5 Å². The zero-order chi connectivity index (χ0) is 21.8. The smallest absolute Gasteiger partial charge is 0.336 e. The van der Waals surface area contributed by atoms with Crippen LogP contribution in [0.5, 0.6) is 6.01 Å². The van der Waals surface area contributed by atoms with Crippen LogP contribution >= 0.6 is 0 Å². The number of aromatic amines is 1. The van der Waals surface area contributed by atoms with E-state index in [2.05, 4.69) is 39.0 Å². The van der Waals surface area contributed by atoms with Crippen LogP contribution in [0.15, 0.2) is 42.0 Å². The summed E-state index contributed by atoms with van der Waals surface area (Å²) >= 11 is 0. The van der Waals surface area contributed by atoms with Crippen molar-refractivity contribution < 1.29 is 9.13 Å². The monoisotopic (exact) mass is 426 g/mol. The molecule has 0 saturated heterocycles. The van der Waals surface area contributed by atoms with Gasteiger partial charge in [0.15, 0.2) is 5.43 Å². The number of rotatable bonds is 6. The predicted molar refractivity (Wildman–Crippen MR) is 114 cm³/mol. The molecule has 1 aliphatic rings. The maximum absolute atomic E-state index is 14.7. The second kappa shape index (κ2) is 8.95. The van der Waals surface area contributed by atoms with Crippen molar-refractivity contribution in [2.45, 2.75) is 64.6 Å². The summed E-state index contributed by atoms with van der Waals surface area (Å²) in [6.45, 7) is 4.35. The summed E-state index contributed by atoms with van der Waals surface area (Å²) < 4.78 is 22.2. The molecule has 3 atom stereocenters. The Morgan fingerprint density at radius 2 is 2.26 bits per heavy atom. The van der Waals surface area contributed by atoms with Crippen LogP contribution in [0.2, 0.25) is 0 Å². The number of H-pyrrole nitrogens is 1. The molecule has 1 aliphatic carbocycles. The van der Waals surface area contributed by atoms with E-state index in [1.165, 1.54) is 12.3 Å². The number of alkyl halides is 1. The van der Waals surface area contributed by atoms with Crippen molar-refractivity contribution in [1.29, 1.82) is 0 Å². The summed E-state index contributed by atoms with van der Waals surface area (Å²) in [5.41, 5.74) is 0.482. The van der Waals surface area contributed by atoms with Crippen LogP contribution in [0.3, 0.4) is 0 Å². The zero-order valence-electron chi connectivity index (χ0n) is 17.8. The molecule has 9 heteroatoms. The van der Waals surface area contributed by atoms with Crippen LogP contribution < -0.4 is 10.2 Å². The van der Waals surface area contributed by atoms with Crippen molar-refractivity contribution in [3.8, 4) is 23.1 Å². The number of hydrogen-bond donors (Lipinski definition) is 1. The van der Waals surface area contributed by atoms with Gasteiger partial charge in [-0.3, -0.25) is 9.36 Å². The molecular weight excluding hydrogens is 399 g/mol. The highest BCUT2D eigenvalue weighted by Gasteiger charge is 2.36. The summed E-state index contributed by atoms with van der Waals surface area (Å²) in [5.74, 6) is 0.588. The number of pyridine rings is 1. The standard InChI is InChI=1S/C22H27FN6O2/c1-3-6-22(2)7-4-5-16(23)19(11-22)31-21-26-13-17(27-28-21)15-12-25-20(10-18(15)30)29-9-8-24-14-29/h8-10,12-14,16,19H,3-7,11H2,1-2H3,(H,25,30)/t16-,19-,22-/m1/s1. The molecule has 4 rings (SSSR count). The fraction of sp³-hybridized carbons (Fsp3) is 0.500. The first-order valence-electron chi connectivity index (χ1n) is 10.7. The average Bonchev–Trinajstić information content (AvgIpc) is 3.24. The van der Waals surface area contributed by atoms with Gasteiger partial charge in [0.05, 0.1) is 11.8 Å². The molecule has 0 spiro atoms. The van der Waals surface area contributed by atoms with Gasteiger partial charge in [0.25, 0.3) is 0 Å². The van der Waals surface area contributed by atoms with Crippen LogP contribution in [-0.4, -0.2) is 42.0 Å².